The predicted molar refractivity (Wildman–Crippen MR) is 61.9 cm³/mol. The maximum Gasteiger partial charge on any atom is 0.339 e. The van der Waals surface area contributed by atoms with Crippen LogP contribution in [0.2, 0.25) is 0 Å². The minimum absolute atomic E-state index is 0.00588. The van der Waals surface area contributed by atoms with Gasteiger partial charge in [-0.25, -0.2) is 9.18 Å². The summed E-state index contributed by atoms with van der Waals surface area (Å²) in [6, 6.07) is 6.84. The van der Waals surface area contributed by atoms with Crippen molar-refractivity contribution < 1.29 is 19.0 Å². The minimum Gasteiger partial charge on any atom is -0.488 e. The predicted octanol–water partition coefficient (Wildman–Crippen LogP) is 2.50. The summed E-state index contributed by atoms with van der Waals surface area (Å²) < 4.78 is 18.4. The lowest BCUT2D eigenvalue weighted by molar-refractivity contribution is 0.0691. The highest BCUT2D eigenvalue weighted by Gasteiger charge is 2.12. The fourth-order valence-corrected chi connectivity index (χ4v) is 1.44. The molecular weight excluding hydrogens is 237 g/mol. The Hall–Kier alpha value is -2.43. The van der Waals surface area contributed by atoms with E-state index in [2.05, 4.69) is 4.98 Å². The van der Waals surface area contributed by atoms with Gasteiger partial charge in [-0.2, -0.15) is 0 Å². The van der Waals surface area contributed by atoms with Gasteiger partial charge in [0.2, 0.25) is 0 Å². The zero-order chi connectivity index (χ0) is 13.0. The number of hydrogen-bond acceptors (Lipinski definition) is 3. The Bertz CT molecular complexity index is 557. The SMILES string of the molecule is O=C(O)c1ccc(F)cc1OCc1cccnc1. The molecule has 0 fully saturated rings. The number of carboxylic acid groups (broad SMARTS) is 1. The normalized spacial score (nSPS) is 10.1. The molecule has 4 nitrogen and oxygen atoms in total. The number of benzene rings is 1. The van der Waals surface area contributed by atoms with Crippen molar-refractivity contribution in [3.8, 4) is 5.75 Å². The van der Waals surface area contributed by atoms with Crippen molar-refractivity contribution in [1.29, 1.82) is 0 Å². The lowest BCUT2D eigenvalue weighted by Gasteiger charge is -2.08. The van der Waals surface area contributed by atoms with Gasteiger partial charge >= 0.3 is 5.97 Å². The zero-order valence-corrected chi connectivity index (χ0v) is 9.34. The molecule has 0 radical (unpaired) electrons. The topological polar surface area (TPSA) is 59.4 Å². The quantitative estimate of drug-likeness (QED) is 0.901. The van der Waals surface area contributed by atoms with Crippen LogP contribution in [0.1, 0.15) is 15.9 Å². The van der Waals surface area contributed by atoms with E-state index in [-0.39, 0.29) is 17.9 Å². The molecule has 2 aromatic rings. The Balaban J connectivity index is 2.18. The molecule has 2 rings (SSSR count). The van der Waals surface area contributed by atoms with Crippen molar-refractivity contribution in [3.63, 3.8) is 0 Å². The summed E-state index contributed by atoms with van der Waals surface area (Å²) in [5.74, 6) is -1.69. The fraction of sp³-hybridized carbons (Fsp3) is 0.0769. The average Bonchev–Trinajstić information content (AvgIpc) is 2.37. The molecule has 1 aromatic heterocycles. The van der Waals surface area contributed by atoms with Gasteiger partial charge in [0, 0.05) is 24.0 Å². The Morgan fingerprint density at radius 3 is 2.89 bits per heavy atom. The van der Waals surface area contributed by atoms with Gasteiger partial charge < -0.3 is 9.84 Å². The lowest BCUT2D eigenvalue weighted by Crippen LogP contribution is -2.04. The number of aromatic nitrogens is 1. The van der Waals surface area contributed by atoms with Crippen LogP contribution in [0.25, 0.3) is 0 Å². The van der Waals surface area contributed by atoms with Crippen LogP contribution < -0.4 is 4.74 Å². The van der Waals surface area contributed by atoms with Gasteiger partial charge in [0.25, 0.3) is 0 Å². The third-order valence-corrected chi connectivity index (χ3v) is 2.29. The van der Waals surface area contributed by atoms with Crippen LogP contribution in [-0.4, -0.2) is 16.1 Å². The van der Waals surface area contributed by atoms with E-state index in [4.69, 9.17) is 9.84 Å². The van der Waals surface area contributed by atoms with E-state index in [1.165, 1.54) is 6.07 Å². The zero-order valence-electron chi connectivity index (χ0n) is 9.34. The van der Waals surface area contributed by atoms with Gasteiger partial charge in [-0.05, 0) is 18.2 Å². The Labute approximate surface area is 103 Å². The summed E-state index contributed by atoms with van der Waals surface area (Å²) in [7, 11) is 0. The second kappa shape index (κ2) is 5.27. The van der Waals surface area contributed by atoms with Crippen LogP contribution in [0.5, 0.6) is 5.75 Å². The molecule has 0 saturated heterocycles. The summed E-state index contributed by atoms with van der Waals surface area (Å²) in [4.78, 5) is 14.8. The molecule has 0 bridgehead atoms. The number of hydrogen-bond donors (Lipinski definition) is 1. The van der Waals surface area contributed by atoms with E-state index >= 15 is 0 Å². The van der Waals surface area contributed by atoms with E-state index in [9.17, 15) is 9.18 Å². The third-order valence-electron chi connectivity index (χ3n) is 2.29. The Morgan fingerprint density at radius 1 is 1.39 bits per heavy atom. The van der Waals surface area contributed by atoms with Crippen molar-refractivity contribution in [1.82, 2.24) is 4.98 Å². The average molecular weight is 247 g/mol. The number of carboxylic acids is 1. The van der Waals surface area contributed by atoms with Crippen molar-refractivity contribution in [2.24, 2.45) is 0 Å². The van der Waals surface area contributed by atoms with Gasteiger partial charge in [0.15, 0.2) is 0 Å². The highest BCUT2D eigenvalue weighted by Crippen LogP contribution is 2.21. The number of aromatic carboxylic acids is 1. The first-order chi connectivity index (χ1) is 8.66. The molecule has 0 atom stereocenters. The number of nitrogens with zero attached hydrogens (tertiary/aromatic N) is 1. The lowest BCUT2D eigenvalue weighted by atomic mass is 10.2. The number of rotatable bonds is 4. The van der Waals surface area contributed by atoms with Crippen molar-refractivity contribution in [2.45, 2.75) is 6.61 Å². The number of ether oxygens (including phenoxy) is 1. The molecule has 0 aliphatic carbocycles. The first-order valence-corrected chi connectivity index (χ1v) is 5.21. The van der Waals surface area contributed by atoms with Crippen LogP contribution in [0, 0.1) is 5.82 Å². The molecule has 0 unspecified atom stereocenters. The van der Waals surface area contributed by atoms with E-state index in [1.54, 1.807) is 24.5 Å². The van der Waals surface area contributed by atoms with Gasteiger partial charge in [0.05, 0.1) is 0 Å². The highest BCUT2D eigenvalue weighted by molar-refractivity contribution is 5.90. The molecule has 1 heterocycles. The summed E-state index contributed by atoms with van der Waals surface area (Å²) in [6.07, 6.45) is 3.22. The number of carbonyl (C=O) groups is 1. The first-order valence-electron chi connectivity index (χ1n) is 5.21. The van der Waals surface area contributed by atoms with E-state index < -0.39 is 11.8 Å². The van der Waals surface area contributed by atoms with Crippen LogP contribution in [0.3, 0.4) is 0 Å². The molecule has 5 heteroatoms. The molecule has 0 amide bonds. The maximum atomic E-state index is 13.1. The van der Waals surface area contributed by atoms with Crippen molar-refractivity contribution in [3.05, 3.63) is 59.7 Å². The molecule has 1 aromatic carbocycles. The summed E-state index contributed by atoms with van der Waals surface area (Å²) in [5, 5.41) is 8.94. The molecule has 18 heavy (non-hydrogen) atoms. The second-order valence-corrected chi connectivity index (χ2v) is 3.60. The molecular formula is C13H10FNO3. The first kappa shape index (κ1) is 12.0. The minimum atomic E-state index is -1.16. The molecule has 0 spiro atoms. The van der Waals surface area contributed by atoms with Crippen LogP contribution >= 0.6 is 0 Å². The van der Waals surface area contributed by atoms with Gasteiger partial charge in [-0.3, -0.25) is 4.98 Å². The van der Waals surface area contributed by atoms with E-state index in [0.717, 1.165) is 17.7 Å². The van der Waals surface area contributed by atoms with Crippen LogP contribution in [-0.2, 0) is 6.61 Å². The number of pyridine rings is 1. The van der Waals surface area contributed by atoms with Crippen LogP contribution in [0.4, 0.5) is 4.39 Å². The molecule has 92 valence electrons. The van der Waals surface area contributed by atoms with Crippen molar-refractivity contribution in [2.75, 3.05) is 0 Å². The standard InChI is InChI=1S/C13H10FNO3/c14-10-3-4-11(13(16)17)12(6-10)18-8-9-2-1-5-15-7-9/h1-7H,8H2,(H,16,17). The molecule has 0 aliphatic rings. The summed E-state index contributed by atoms with van der Waals surface area (Å²) >= 11 is 0. The second-order valence-electron chi connectivity index (χ2n) is 3.60. The summed E-state index contributed by atoms with van der Waals surface area (Å²) in [6.45, 7) is 0.136. The molecule has 0 saturated carbocycles. The molecule has 1 N–H and O–H groups in total. The van der Waals surface area contributed by atoms with Gasteiger partial charge in [-0.1, -0.05) is 6.07 Å². The smallest absolute Gasteiger partial charge is 0.339 e. The largest absolute Gasteiger partial charge is 0.488 e. The van der Waals surface area contributed by atoms with Crippen molar-refractivity contribution >= 4 is 5.97 Å². The van der Waals surface area contributed by atoms with Crippen LogP contribution in [0.15, 0.2) is 42.7 Å². The fourth-order valence-electron chi connectivity index (χ4n) is 1.44. The van der Waals surface area contributed by atoms with Gasteiger partial charge in [0.1, 0.15) is 23.7 Å². The van der Waals surface area contributed by atoms with E-state index in [0.29, 0.717) is 0 Å². The monoisotopic (exact) mass is 247 g/mol. The Morgan fingerprint density at radius 2 is 2.22 bits per heavy atom. The number of halogens is 1. The summed E-state index contributed by atoms with van der Waals surface area (Å²) in [5.41, 5.74) is 0.707. The van der Waals surface area contributed by atoms with Gasteiger partial charge in [-0.15, -0.1) is 0 Å². The third kappa shape index (κ3) is 2.82. The highest BCUT2D eigenvalue weighted by atomic mass is 19.1. The molecule has 0 aliphatic heterocycles. The van der Waals surface area contributed by atoms with E-state index in [1.807, 2.05) is 0 Å². The Kier molecular flexibility index (Phi) is 3.52. The maximum absolute atomic E-state index is 13.1.